The van der Waals surface area contributed by atoms with Crippen molar-refractivity contribution in [1.29, 1.82) is 0 Å². The molecule has 19 heavy (non-hydrogen) atoms. The van der Waals surface area contributed by atoms with Crippen molar-refractivity contribution < 1.29 is 17.9 Å². The van der Waals surface area contributed by atoms with E-state index in [9.17, 15) is 8.42 Å². The molecule has 1 aliphatic heterocycles. The fraction of sp³-hybridized carbons (Fsp3) is 1.00. The quantitative estimate of drug-likeness (QED) is 0.579. The molecule has 1 unspecified atom stereocenters. The second-order valence-corrected chi connectivity index (χ2v) is 8.67. The van der Waals surface area contributed by atoms with Crippen LogP contribution in [-0.4, -0.2) is 40.1 Å². The highest BCUT2D eigenvalue weighted by molar-refractivity contribution is 8.13. The maximum Gasteiger partial charge on any atom is 0.233 e. The van der Waals surface area contributed by atoms with Gasteiger partial charge in [-0.25, -0.2) is 8.42 Å². The van der Waals surface area contributed by atoms with Crippen LogP contribution in [-0.2, 0) is 18.5 Å². The van der Waals surface area contributed by atoms with E-state index in [0.29, 0.717) is 13.2 Å². The molecule has 0 aromatic carbocycles. The molecule has 2 aliphatic rings. The molecule has 1 saturated heterocycles. The van der Waals surface area contributed by atoms with E-state index in [4.69, 9.17) is 20.2 Å². The third-order valence-electron chi connectivity index (χ3n) is 4.16. The van der Waals surface area contributed by atoms with Crippen LogP contribution in [0.3, 0.4) is 0 Å². The average molecular weight is 311 g/mol. The van der Waals surface area contributed by atoms with Gasteiger partial charge in [-0.05, 0) is 19.3 Å². The van der Waals surface area contributed by atoms with Crippen LogP contribution in [0.25, 0.3) is 0 Å². The van der Waals surface area contributed by atoms with E-state index in [2.05, 4.69) is 0 Å². The summed E-state index contributed by atoms with van der Waals surface area (Å²) in [5.41, 5.74) is -0.292. The van der Waals surface area contributed by atoms with Crippen LogP contribution in [0.2, 0.25) is 0 Å². The van der Waals surface area contributed by atoms with E-state index >= 15 is 0 Å². The Morgan fingerprint density at radius 1 is 1.21 bits per heavy atom. The number of rotatable bonds is 5. The van der Waals surface area contributed by atoms with Crippen molar-refractivity contribution >= 4 is 19.7 Å². The van der Waals surface area contributed by atoms with E-state index in [-0.39, 0.29) is 17.3 Å². The predicted molar refractivity (Wildman–Crippen MR) is 75.0 cm³/mol. The molecule has 2 fully saturated rings. The molecule has 1 heterocycles. The first-order valence-electron chi connectivity index (χ1n) is 7.11. The second-order valence-electron chi connectivity index (χ2n) is 5.89. The summed E-state index contributed by atoms with van der Waals surface area (Å²) in [4.78, 5) is 0. The number of halogens is 1. The molecule has 4 nitrogen and oxygen atoms in total. The van der Waals surface area contributed by atoms with Crippen molar-refractivity contribution in [3.63, 3.8) is 0 Å². The van der Waals surface area contributed by atoms with Gasteiger partial charge >= 0.3 is 0 Å². The first-order chi connectivity index (χ1) is 8.99. The lowest BCUT2D eigenvalue weighted by atomic mass is 9.83. The molecule has 6 heteroatoms. The van der Waals surface area contributed by atoms with Crippen LogP contribution >= 0.6 is 10.7 Å². The molecule has 0 radical (unpaired) electrons. The van der Waals surface area contributed by atoms with Gasteiger partial charge in [-0.3, -0.25) is 0 Å². The molecule has 2 rings (SSSR count). The molecule has 1 saturated carbocycles. The molecule has 0 spiro atoms. The van der Waals surface area contributed by atoms with Gasteiger partial charge in [0.2, 0.25) is 9.05 Å². The number of hydrogen-bond acceptors (Lipinski definition) is 4. The van der Waals surface area contributed by atoms with Crippen molar-refractivity contribution in [2.45, 2.75) is 51.0 Å². The summed E-state index contributed by atoms with van der Waals surface area (Å²) in [6.07, 6.45) is 7.31. The van der Waals surface area contributed by atoms with Gasteiger partial charge in [-0.15, -0.1) is 0 Å². The lowest BCUT2D eigenvalue weighted by Crippen LogP contribution is -2.35. The molecule has 0 amide bonds. The Labute approximate surface area is 120 Å². The van der Waals surface area contributed by atoms with E-state index in [0.717, 1.165) is 38.7 Å². The van der Waals surface area contributed by atoms with Crippen LogP contribution < -0.4 is 0 Å². The monoisotopic (exact) mass is 310 g/mol. The molecule has 112 valence electrons. The molecule has 1 aliphatic carbocycles. The summed E-state index contributed by atoms with van der Waals surface area (Å²) in [5, 5.41) is 0. The molecule has 0 bridgehead atoms. The Kier molecular flexibility index (Phi) is 5.52. The predicted octanol–water partition coefficient (Wildman–Crippen LogP) is 2.70. The number of hydrogen-bond donors (Lipinski definition) is 0. The lowest BCUT2D eigenvalue weighted by molar-refractivity contribution is -0.0112. The SMILES string of the molecule is O=S(=O)(Cl)CC1(COC2CCOC2)CCCCCC1. The van der Waals surface area contributed by atoms with Gasteiger partial charge in [0.25, 0.3) is 0 Å². The van der Waals surface area contributed by atoms with Crippen LogP contribution in [0.4, 0.5) is 0 Å². The summed E-state index contributed by atoms with van der Waals surface area (Å²) in [6.45, 7) is 1.86. The van der Waals surface area contributed by atoms with E-state index in [1.807, 2.05) is 0 Å². The largest absolute Gasteiger partial charge is 0.379 e. The minimum Gasteiger partial charge on any atom is -0.379 e. The zero-order valence-electron chi connectivity index (χ0n) is 11.3. The van der Waals surface area contributed by atoms with Gasteiger partial charge in [0.1, 0.15) is 0 Å². The smallest absolute Gasteiger partial charge is 0.233 e. The normalized spacial score (nSPS) is 28.2. The first kappa shape index (κ1) is 15.5. The standard InChI is InChI=1S/C13H23ClO4S/c14-19(15,16)11-13(6-3-1-2-4-7-13)10-18-12-5-8-17-9-12/h12H,1-11H2. The minimum absolute atomic E-state index is 0.0368. The van der Waals surface area contributed by atoms with Crippen LogP contribution in [0.5, 0.6) is 0 Å². The topological polar surface area (TPSA) is 52.6 Å². The Bertz CT molecular complexity index is 368. The first-order valence-corrected chi connectivity index (χ1v) is 9.59. The highest BCUT2D eigenvalue weighted by atomic mass is 35.7. The van der Waals surface area contributed by atoms with Crippen molar-refractivity contribution in [2.75, 3.05) is 25.6 Å². The van der Waals surface area contributed by atoms with E-state index < -0.39 is 9.05 Å². The minimum atomic E-state index is -3.48. The average Bonchev–Trinajstić information content (AvgIpc) is 2.73. The fourth-order valence-electron chi connectivity index (χ4n) is 3.11. The second kappa shape index (κ2) is 6.74. The summed E-state index contributed by atoms with van der Waals surface area (Å²) in [5.74, 6) is 0.0368. The van der Waals surface area contributed by atoms with E-state index in [1.165, 1.54) is 12.8 Å². The van der Waals surface area contributed by atoms with Gasteiger partial charge in [0.15, 0.2) is 0 Å². The Morgan fingerprint density at radius 2 is 1.89 bits per heavy atom. The molecule has 0 N–H and O–H groups in total. The molecule has 0 aromatic rings. The Morgan fingerprint density at radius 3 is 2.42 bits per heavy atom. The molecule has 1 atom stereocenters. The highest BCUT2D eigenvalue weighted by Crippen LogP contribution is 2.38. The van der Waals surface area contributed by atoms with Crippen LogP contribution in [0.1, 0.15) is 44.9 Å². The highest BCUT2D eigenvalue weighted by Gasteiger charge is 2.36. The number of ether oxygens (including phenoxy) is 2. The van der Waals surface area contributed by atoms with E-state index in [1.54, 1.807) is 0 Å². The van der Waals surface area contributed by atoms with Crippen molar-refractivity contribution in [3.05, 3.63) is 0 Å². The van der Waals surface area contributed by atoms with Gasteiger partial charge < -0.3 is 9.47 Å². The molecule has 0 aromatic heterocycles. The summed E-state index contributed by atoms with van der Waals surface area (Å²) < 4.78 is 34.2. The summed E-state index contributed by atoms with van der Waals surface area (Å²) in [7, 11) is 2.01. The van der Waals surface area contributed by atoms with Crippen molar-refractivity contribution in [2.24, 2.45) is 5.41 Å². The summed E-state index contributed by atoms with van der Waals surface area (Å²) >= 11 is 0. The zero-order chi connectivity index (χ0) is 13.8. The zero-order valence-corrected chi connectivity index (χ0v) is 12.8. The van der Waals surface area contributed by atoms with Gasteiger partial charge in [0.05, 0.1) is 25.1 Å². The van der Waals surface area contributed by atoms with Gasteiger partial charge in [-0.1, -0.05) is 25.7 Å². The third-order valence-corrected chi connectivity index (χ3v) is 5.44. The summed E-state index contributed by atoms with van der Waals surface area (Å²) in [6, 6.07) is 0. The van der Waals surface area contributed by atoms with Gasteiger partial charge in [-0.2, -0.15) is 0 Å². The van der Waals surface area contributed by atoms with Crippen LogP contribution in [0, 0.1) is 5.41 Å². The fourth-order valence-corrected chi connectivity index (χ4v) is 4.91. The molecular weight excluding hydrogens is 288 g/mol. The third kappa shape index (κ3) is 5.21. The molecular formula is C13H23ClO4S. The van der Waals surface area contributed by atoms with Gasteiger partial charge in [0, 0.05) is 22.7 Å². The lowest BCUT2D eigenvalue weighted by Gasteiger charge is -2.32. The maximum atomic E-state index is 11.5. The maximum absolute atomic E-state index is 11.5. The Hall–Kier alpha value is 0.160. The van der Waals surface area contributed by atoms with Crippen molar-refractivity contribution in [3.8, 4) is 0 Å². The Balaban J connectivity index is 1.99. The van der Waals surface area contributed by atoms with Crippen molar-refractivity contribution in [1.82, 2.24) is 0 Å². The van der Waals surface area contributed by atoms with Crippen LogP contribution in [0.15, 0.2) is 0 Å².